The van der Waals surface area contributed by atoms with Crippen LogP contribution in [0.4, 0.5) is 16.2 Å². The third-order valence-corrected chi connectivity index (χ3v) is 2.68. The zero-order valence-corrected chi connectivity index (χ0v) is 10.2. The highest BCUT2D eigenvalue weighted by Crippen LogP contribution is 2.15. The van der Waals surface area contributed by atoms with Crippen molar-refractivity contribution < 1.29 is 4.39 Å². The van der Waals surface area contributed by atoms with E-state index in [1.807, 2.05) is 30.3 Å². The Kier molecular flexibility index (Phi) is 3.72. The summed E-state index contributed by atoms with van der Waals surface area (Å²) in [5.74, 6) is -0.142. The van der Waals surface area contributed by atoms with Crippen LogP contribution in [0.25, 0.3) is 0 Å². The molecule has 0 atom stereocenters. The molecule has 0 unspecified atom stereocenters. The maximum Gasteiger partial charge on any atom is 0.222 e. The normalized spacial score (nSPS) is 10.3. The standard InChI is InChI=1S/C13H15FN4/c1-18(8-7-10-5-3-2-4-6-10)12-11(14)9-16-13(15)17-12/h2-6,9H,7-8H2,1H3,(H2,15,16,17). The van der Waals surface area contributed by atoms with Crippen LogP contribution in [-0.2, 0) is 6.42 Å². The van der Waals surface area contributed by atoms with Crippen molar-refractivity contribution >= 4 is 11.8 Å². The fourth-order valence-electron chi connectivity index (χ4n) is 1.69. The van der Waals surface area contributed by atoms with Crippen LogP contribution in [0.5, 0.6) is 0 Å². The Morgan fingerprint density at radius 3 is 2.72 bits per heavy atom. The van der Waals surface area contributed by atoms with Crippen molar-refractivity contribution in [2.45, 2.75) is 6.42 Å². The van der Waals surface area contributed by atoms with E-state index in [-0.39, 0.29) is 11.8 Å². The fraction of sp³-hybridized carbons (Fsp3) is 0.231. The molecule has 0 aliphatic rings. The summed E-state index contributed by atoms with van der Waals surface area (Å²) < 4.78 is 13.5. The van der Waals surface area contributed by atoms with Gasteiger partial charge in [-0.3, -0.25) is 0 Å². The molecule has 18 heavy (non-hydrogen) atoms. The lowest BCUT2D eigenvalue weighted by atomic mass is 10.1. The smallest absolute Gasteiger partial charge is 0.222 e. The molecule has 0 fully saturated rings. The number of halogens is 1. The first kappa shape index (κ1) is 12.3. The molecule has 0 radical (unpaired) electrons. The van der Waals surface area contributed by atoms with Gasteiger partial charge in [0.25, 0.3) is 0 Å². The molecule has 1 aromatic heterocycles. The monoisotopic (exact) mass is 246 g/mol. The topological polar surface area (TPSA) is 55.0 Å². The minimum absolute atomic E-state index is 0.0814. The maximum absolute atomic E-state index is 13.5. The minimum atomic E-state index is -0.459. The summed E-state index contributed by atoms with van der Waals surface area (Å²) in [5, 5.41) is 0. The molecule has 0 aliphatic carbocycles. The van der Waals surface area contributed by atoms with Crippen molar-refractivity contribution in [1.29, 1.82) is 0 Å². The molecule has 0 bridgehead atoms. The summed E-state index contributed by atoms with van der Waals surface area (Å²) in [6.07, 6.45) is 1.91. The minimum Gasteiger partial charge on any atom is -0.368 e. The molecule has 0 aliphatic heterocycles. The van der Waals surface area contributed by atoms with Crippen LogP contribution in [0.15, 0.2) is 36.5 Å². The number of nitrogens with zero attached hydrogens (tertiary/aromatic N) is 3. The van der Waals surface area contributed by atoms with Crippen molar-refractivity contribution in [3.8, 4) is 0 Å². The highest BCUT2D eigenvalue weighted by atomic mass is 19.1. The van der Waals surface area contributed by atoms with Gasteiger partial charge in [-0.25, -0.2) is 9.37 Å². The van der Waals surface area contributed by atoms with Crippen molar-refractivity contribution in [1.82, 2.24) is 9.97 Å². The number of benzene rings is 1. The summed E-state index contributed by atoms with van der Waals surface area (Å²) in [6.45, 7) is 0.664. The lowest BCUT2D eigenvalue weighted by molar-refractivity contribution is 0.608. The van der Waals surface area contributed by atoms with E-state index < -0.39 is 5.82 Å². The molecule has 1 heterocycles. The zero-order chi connectivity index (χ0) is 13.0. The SMILES string of the molecule is CN(CCc1ccccc1)c1nc(N)ncc1F. The molecule has 0 spiro atoms. The predicted octanol–water partition coefficient (Wildman–Crippen LogP) is 1.88. The maximum atomic E-state index is 13.5. The first-order valence-corrected chi connectivity index (χ1v) is 5.70. The Hall–Kier alpha value is -2.17. The number of nitrogens with two attached hydrogens (primary N) is 1. The number of hydrogen-bond acceptors (Lipinski definition) is 4. The predicted molar refractivity (Wildman–Crippen MR) is 69.8 cm³/mol. The Morgan fingerprint density at radius 1 is 1.28 bits per heavy atom. The summed E-state index contributed by atoms with van der Waals surface area (Å²) >= 11 is 0. The second-order valence-electron chi connectivity index (χ2n) is 4.06. The van der Waals surface area contributed by atoms with Crippen LogP contribution in [0.1, 0.15) is 5.56 Å². The van der Waals surface area contributed by atoms with Crippen LogP contribution >= 0.6 is 0 Å². The summed E-state index contributed by atoms with van der Waals surface area (Å²) in [6, 6.07) is 10.0. The molecule has 2 N–H and O–H groups in total. The van der Waals surface area contributed by atoms with Crippen molar-refractivity contribution in [2.75, 3.05) is 24.2 Å². The third-order valence-electron chi connectivity index (χ3n) is 2.68. The van der Waals surface area contributed by atoms with Gasteiger partial charge in [0.2, 0.25) is 5.95 Å². The molecule has 2 rings (SSSR count). The van der Waals surface area contributed by atoms with E-state index in [0.29, 0.717) is 6.54 Å². The molecule has 2 aromatic rings. The number of rotatable bonds is 4. The average molecular weight is 246 g/mol. The van der Waals surface area contributed by atoms with Crippen LogP contribution < -0.4 is 10.6 Å². The van der Waals surface area contributed by atoms with Gasteiger partial charge in [-0.2, -0.15) is 4.98 Å². The first-order chi connectivity index (χ1) is 8.66. The third kappa shape index (κ3) is 2.94. The molecule has 4 nitrogen and oxygen atoms in total. The van der Waals surface area contributed by atoms with Crippen molar-refractivity contribution in [3.05, 3.63) is 47.9 Å². The van der Waals surface area contributed by atoms with Crippen LogP contribution in [-0.4, -0.2) is 23.6 Å². The van der Waals surface area contributed by atoms with Crippen LogP contribution in [0, 0.1) is 5.82 Å². The van der Waals surface area contributed by atoms with Gasteiger partial charge in [-0.05, 0) is 12.0 Å². The summed E-state index contributed by atoms with van der Waals surface area (Å²) in [5.41, 5.74) is 6.66. The van der Waals surface area contributed by atoms with E-state index in [1.165, 1.54) is 5.56 Å². The Labute approximate surface area is 105 Å². The van der Waals surface area contributed by atoms with Crippen LogP contribution in [0.2, 0.25) is 0 Å². The van der Waals surface area contributed by atoms with E-state index in [4.69, 9.17) is 5.73 Å². The van der Waals surface area contributed by atoms with Gasteiger partial charge in [-0.1, -0.05) is 30.3 Å². The molecule has 5 heteroatoms. The molecule has 0 saturated carbocycles. The van der Waals surface area contributed by atoms with E-state index in [0.717, 1.165) is 12.6 Å². The van der Waals surface area contributed by atoms with E-state index in [1.54, 1.807) is 11.9 Å². The lowest BCUT2D eigenvalue weighted by Gasteiger charge is -2.18. The second kappa shape index (κ2) is 5.44. The quantitative estimate of drug-likeness (QED) is 0.895. The van der Waals surface area contributed by atoms with E-state index in [9.17, 15) is 4.39 Å². The number of nitrogen functional groups attached to an aromatic ring is 1. The Morgan fingerprint density at radius 2 is 2.00 bits per heavy atom. The summed E-state index contributed by atoms with van der Waals surface area (Å²) in [7, 11) is 1.79. The number of anilines is 2. The Bertz CT molecular complexity index is 516. The van der Waals surface area contributed by atoms with Gasteiger partial charge < -0.3 is 10.6 Å². The van der Waals surface area contributed by atoms with Crippen molar-refractivity contribution in [2.24, 2.45) is 0 Å². The fourth-order valence-corrected chi connectivity index (χ4v) is 1.69. The molecule has 0 amide bonds. The van der Waals surface area contributed by atoms with Gasteiger partial charge in [0.15, 0.2) is 11.6 Å². The molecule has 94 valence electrons. The van der Waals surface area contributed by atoms with Gasteiger partial charge in [0, 0.05) is 13.6 Å². The van der Waals surface area contributed by atoms with Crippen molar-refractivity contribution in [3.63, 3.8) is 0 Å². The lowest BCUT2D eigenvalue weighted by Crippen LogP contribution is -2.23. The molecular formula is C13H15FN4. The number of hydrogen-bond donors (Lipinski definition) is 1. The van der Waals surface area contributed by atoms with E-state index >= 15 is 0 Å². The Balaban J connectivity index is 2.03. The highest BCUT2D eigenvalue weighted by Gasteiger charge is 2.10. The van der Waals surface area contributed by atoms with Gasteiger partial charge in [0.1, 0.15) is 0 Å². The molecule has 0 saturated heterocycles. The van der Waals surface area contributed by atoms with Gasteiger partial charge in [0.05, 0.1) is 6.20 Å². The summed E-state index contributed by atoms with van der Waals surface area (Å²) in [4.78, 5) is 9.24. The molecule has 1 aromatic carbocycles. The van der Waals surface area contributed by atoms with Crippen LogP contribution in [0.3, 0.4) is 0 Å². The van der Waals surface area contributed by atoms with E-state index in [2.05, 4.69) is 9.97 Å². The first-order valence-electron chi connectivity index (χ1n) is 5.70. The molecular weight excluding hydrogens is 231 g/mol. The largest absolute Gasteiger partial charge is 0.368 e. The zero-order valence-electron chi connectivity index (χ0n) is 10.2. The number of aromatic nitrogens is 2. The van der Waals surface area contributed by atoms with Gasteiger partial charge in [-0.15, -0.1) is 0 Å². The highest BCUT2D eigenvalue weighted by molar-refractivity contribution is 5.41. The van der Waals surface area contributed by atoms with Gasteiger partial charge >= 0.3 is 0 Å². The average Bonchev–Trinajstić information content (AvgIpc) is 2.40. The second-order valence-corrected chi connectivity index (χ2v) is 4.06. The number of likely N-dealkylation sites (N-methyl/N-ethyl adjacent to an activating group) is 1.